The number of amides is 4. The van der Waals surface area contributed by atoms with Crippen LogP contribution in [0.25, 0.3) is 21.7 Å². The van der Waals surface area contributed by atoms with Crippen LogP contribution in [0.3, 0.4) is 0 Å². The Labute approximate surface area is 282 Å². The molecule has 4 amide bonds. The maximum atomic E-state index is 13.8. The molecule has 0 aliphatic rings. The fraction of sp³-hybridized carbons (Fsp3) is 0.237. The lowest BCUT2D eigenvalue weighted by atomic mass is 10.0. The van der Waals surface area contributed by atoms with Crippen molar-refractivity contribution < 1.29 is 28.4 Å². The maximum Gasteiger partial charge on any atom is 0.293 e. The van der Waals surface area contributed by atoms with E-state index < -0.39 is 59.3 Å². The predicted octanol–water partition coefficient (Wildman–Crippen LogP) is 4.48. The van der Waals surface area contributed by atoms with Gasteiger partial charge in [-0.25, -0.2) is 4.39 Å². The van der Waals surface area contributed by atoms with Crippen LogP contribution in [0.15, 0.2) is 97.2 Å². The van der Waals surface area contributed by atoms with Crippen molar-refractivity contribution in [2.75, 3.05) is 0 Å². The van der Waals surface area contributed by atoms with E-state index >= 15 is 0 Å². The summed E-state index contributed by atoms with van der Waals surface area (Å²) >= 11 is 0. The highest BCUT2D eigenvalue weighted by molar-refractivity contribution is 6.45. The quantitative estimate of drug-likeness (QED) is 0.0987. The number of Topliss-reactive ketones (excluding diaryl/α,β-unsaturated/α-hetero) is 1. The molecule has 252 valence electrons. The number of benzene rings is 4. The van der Waals surface area contributed by atoms with Gasteiger partial charge in [-0.05, 0) is 60.9 Å². The number of aromatic amines is 1. The van der Waals surface area contributed by atoms with E-state index in [9.17, 15) is 28.4 Å². The van der Waals surface area contributed by atoms with E-state index in [1.807, 2.05) is 42.5 Å². The molecule has 0 radical (unpaired) electrons. The number of carbonyl (C=O) groups excluding carboxylic acids is 5. The van der Waals surface area contributed by atoms with Crippen molar-refractivity contribution in [3.63, 3.8) is 0 Å². The first-order chi connectivity index (χ1) is 23.4. The second-order valence-electron chi connectivity index (χ2n) is 12.9. The molecule has 0 spiro atoms. The SMILES string of the molecule is CC(C)(C)NC(=O)C[C@H](NC(=O)C(=O)c1c[nH]c2ccccc12)C(=O)NC(Cc1ccc(F)cc1)C(=O)NCc1cccc2ccccc12. The average Bonchev–Trinajstić information content (AvgIpc) is 3.50. The molecule has 4 aromatic carbocycles. The third kappa shape index (κ3) is 8.95. The molecule has 0 fully saturated rings. The fourth-order valence-electron chi connectivity index (χ4n) is 5.56. The molecular formula is C38H38FN5O5. The highest BCUT2D eigenvalue weighted by atomic mass is 19.1. The van der Waals surface area contributed by atoms with E-state index in [1.54, 1.807) is 45.0 Å². The van der Waals surface area contributed by atoms with Gasteiger partial charge in [0, 0.05) is 35.6 Å². The molecule has 0 bridgehead atoms. The summed E-state index contributed by atoms with van der Waals surface area (Å²) < 4.78 is 13.7. The van der Waals surface area contributed by atoms with Gasteiger partial charge in [-0.2, -0.15) is 0 Å². The summed E-state index contributed by atoms with van der Waals surface area (Å²) in [6.07, 6.45) is 0.889. The lowest BCUT2D eigenvalue weighted by Crippen LogP contribution is -2.56. The van der Waals surface area contributed by atoms with E-state index in [4.69, 9.17) is 0 Å². The molecule has 5 rings (SSSR count). The number of aromatic nitrogens is 1. The number of rotatable bonds is 12. The number of fused-ring (bicyclic) bond motifs is 2. The van der Waals surface area contributed by atoms with E-state index in [1.165, 1.54) is 30.5 Å². The van der Waals surface area contributed by atoms with Crippen LogP contribution in [0.5, 0.6) is 0 Å². The highest BCUT2D eigenvalue weighted by Crippen LogP contribution is 2.20. The molecule has 1 heterocycles. The van der Waals surface area contributed by atoms with Crippen LogP contribution in [0.4, 0.5) is 4.39 Å². The molecule has 1 unspecified atom stereocenters. The number of hydrogen-bond donors (Lipinski definition) is 5. The Bertz CT molecular complexity index is 2010. The van der Waals surface area contributed by atoms with Gasteiger partial charge in [-0.15, -0.1) is 0 Å². The summed E-state index contributed by atoms with van der Waals surface area (Å²) in [5.74, 6) is -4.40. The third-order valence-electron chi connectivity index (χ3n) is 7.88. The Morgan fingerprint density at radius 2 is 1.43 bits per heavy atom. The highest BCUT2D eigenvalue weighted by Gasteiger charge is 2.32. The molecule has 0 saturated carbocycles. The Hall–Kier alpha value is -5.84. The van der Waals surface area contributed by atoms with Crippen LogP contribution < -0.4 is 21.3 Å². The summed E-state index contributed by atoms with van der Waals surface area (Å²) in [7, 11) is 0. The Kier molecular flexibility index (Phi) is 10.5. The van der Waals surface area contributed by atoms with Crippen molar-refractivity contribution in [2.45, 2.75) is 57.8 Å². The van der Waals surface area contributed by atoms with Crippen LogP contribution in [0.1, 0.15) is 48.7 Å². The standard InChI is InChI=1S/C38H38FN5O5/c1-38(2,3)44-33(45)20-32(43-37(49)34(46)29-22-40-30-14-7-6-13-28(29)30)36(48)42-31(19-23-15-17-26(39)18-16-23)35(47)41-21-25-11-8-10-24-9-4-5-12-27(24)25/h4-18,22,31-32,40H,19-21H2,1-3H3,(H,41,47)(H,42,48)(H,43,49)(H,44,45)/t31?,32-/m0/s1. The van der Waals surface area contributed by atoms with Crippen LogP contribution >= 0.6 is 0 Å². The second kappa shape index (κ2) is 14.9. The van der Waals surface area contributed by atoms with Crippen LogP contribution in [-0.4, -0.2) is 52.0 Å². The Morgan fingerprint density at radius 1 is 0.755 bits per heavy atom. The Morgan fingerprint density at radius 3 is 2.16 bits per heavy atom. The number of hydrogen-bond acceptors (Lipinski definition) is 5. The number of ketones is 1. The van der Waals surface area contributed by atoms with Crippen molar-refractivity contribution in [2.24, 2.45) is 0 Å². The molecule has 49 heavy (non-hydrogen) atoms. The third-order valence-corrected chi connectivity index (χ3v) is 7.88. The smallest absolute Gasteiger partial charge is 0.293 e. The van der Waals surface area contributed by atoms with E-state index in [-0.39, 0.29) is 18.5 Å². The molecular weight excluding hydrogens is 625 g/mol. The summed E-state index contributed by atoms with van der Waals surface area (Å²) in [5, 5.41) is 13.2. The molecule has 1 aromatic heterocycles. The molecule has 5 aromatic rings. The molecule has 5 N–H and O–H groups in total. The summed E-state index contributed by atoms with van der Waals surface area (Å²) in [6.45, 7) is 5.44. The Balaban J connectivity index is 1.38. The minimum absolute atomic E-state index is 0.0173. The first-order valence-corrected chi connectivity index (χ1v) is 15.9. The van der Waals surface area contributed by atoms with E-state index in [0.717, 1.165) is 16.3 Å². The number of nitrogens with one attached hydrogen (secondary N) is 5. The fourth-order valence-corrected chi connectivity index (χ4v) is 5.56. The van der Waals surface area contributed by atoms with Gasteiger partial charge >= 0.3 is 0 Å². The van der Waals surface area contributed by atoms with Crippen molar-refractivity contribution >= 4 is 51.1 Å². The zero-order valence-electron chi connectivity index (χ0n) is 27.4. The van der Waals surface area contributed by atoms with Crippen LogP contribution in [0.2, 0.25) is 0 Å². The zero-order valence-corrected chi connectivity index (χ0v) is 27.4. The second-order valence-corrected chi connectivity index (χ2v) is 12.9. The van der Waals surface area contributed by atoms with Gasteiger partial charge in [0.15, 0.2) is 0 Å². The van der Waals surface area contributed by atoms with Crippen LogP contribution in [0, 0.1) is 5.82 Å². The van der Waals surface area contributed by atoms with Crippen molar-refractivity contribution in [3.8, 4) is 0 Å². The summed E-state index contributed by atoms with van der Waals surface area (Å²) in [4.78, 5) is 70.0. The molecule has 10 nitrogen and oxygen atoms in total. The van der Waals surface area contributed by atoms with Gasteiger partial charge in [0.1, 0.15) is 17.9 Å². The lowest BCUT2D eigenvalue weighted by molar-refractivity contribution is -0.133. The maximum absolute atomic E-state index is 13.8. The number of halogens is 1. The largest absolute Gasteiger partial charge is 0.360 e. The minimum atomic E-state index is -1.51. The molecule has 2 atom stereocenters. The summed E-state index contributed by atoms with van der Waals surface area (Å²) in [6, 6.07) is 23.2. The molecule has 0 saturated heterocycles. The van der Waals surface area contributed by atoms with Crippen LogP contribution in [-0.2, 0) is 32.1 Å². The lowest BCUT2D eigenvalue weighted by Gasteiger charge is -2.25. The van der Waals surface area contributed by atoms with E-state index in [0.29, 0.717) is 16.5 Å². The van der Waals surface area contributed by atoms with E-state index in [2.05, 4.69) is 26.3 Å². The van der Waals surface area contributed by atoms with Crippen molar-refractivity contribution in [3.05, 3.63) is 120 Å². The number of carbonyl (C=O) groups is 5. The number of H-pyrrole nitrogens is 1. The summed E-state index contributed by atoms with van der Waals surface area (Å²) in [5.41, 5.74) is 1.53. The van der Waals surface area contributed by atoms with Gasteiger partial charge in [-0.1, -0.05) is 72.8 Å². The van der Waals surface area contributed by atoms with Crippen molar-refractivity contribution in [1.29, 1.82) is 0 Å². The molecule has 0 aliphatic carbocycles. The average molecular weight is 664 g/mol. The predicted molar refractivity (Wildman–Crippen MR) is 185 cm³/mol. The minimum Gasteiger partial charge on any atom is -0.360 e. The monoisotopic (exact) mass is 663 g/mol. The van der Waals surface area contributed by atoms with Gasteiger partial charge in [0.25, 0.3) is 11.7 Å². The first kappa shape index (κ1) is 34.5. The van der Waals surface area contributed by atoms with Crippen molar-refractivity contribution in [1.82, 2.24) is 26.3 Å². The first-order valence-electron chi connectivity index (χ1n) is 15.9. The van der Waals surface area contributed by atoms with Gasteiger partial charge in [0.2, 0.25) is 17.7 Å². The zero-order chi connectivity index (χ0) is 35.1. The normalized spacial score (nSPS) is 12.6. The molecule has 11 heteroatoms. The van der Waals surface area contributed by atoms with Gasteiger partial charge in [0.05, 0.1) is 12.0 Å². The topological polar surface area (TPSA) is 149 Å². The van der Waals surface area contributed by atoms with Gasteiger partial charge < -0.3 is 26.3 Å². The number of para-hydroxylation sites is 1. The van der Waals surface area contributed by atoms with Gasteiger partial charge in [-0.3, -0.25) is 24.0 Å². The molecule has 0 aliphatic heterocycles.